The summed E-state index contributed by atoms with van der Waals surface area (Å²) in [7, 11) is 0. The Bertz CT molecular complexity index is 3350. The molecule has 60 heavy (non-hydrogen) atoms. The number of fused-ring (bicyclic) bond motifs is 13. The molecule has 0 atom stereocenters. The van der Waals surface area contributed by atoms with Gasteiger partial charge in [0.25, 0.3) is 0 Å². The molecule has 0 amide bonds. The van der Waals surface area contributed by atoms with Gasteiger partial charge >= 0.3 is 6.85 Å². The predicted octanol–water partition coefficient (Wildman–Crippen LogP) is 13.4. The van der Waals surface area contributed by atoms with Crippen LogP contribution in [0.15, 0.2) is 158 Å². The smallest absolute Gasteiger partial charge is 0.333 e. The molecule has 13 rings (SSSR count). The number of nitrogens with zero attached hydrogens (tertiary/aromatic N) is 2. The fraction of sp³-hybridized carbons (Fsp3) is 0.127. The first-order chi connectivity index (χ1) is 29.2. The zero-order valence-electron chi connectivity index (χ0n) is 34.3. The molecule has 1 aromatic heterocycles. The van der Waals surface area contributed by atoms with Gasteiger partial charge in [-0.25, -0.2) is 0 Å². The van der Waals surface area contributed by atoms with Crippen LogP contribution in [0, 0.1) is 0 Å². The second kappa shape index (κ2) is 11.6. The van der Waals surface area contributed by atoms with Crippen LogP contribution in [0.4, 0.5) is 17.1 Å². The van der Waals surface area contributed by atoms with E-state index in [1.165, 1.54) is 88.5 Å². The van der Waals surface area contributed by atoms with Crippen LogP contribution in [-0.4, -0.2) is 11.3 Å². The molecule has 0 radical (unpaired) electrons. The summed E-state index contributed by atoms with van der Waals surface area (Å²) in [5, 5.41) is 3.79. The molecule has 286 valence electrons. The number of para-hydroxylation sites is 3. The summed E-state index contributed by atoms with van der Waals surface area (Å²) in [5.74, 6) is 2.88. The molecule has 0 saturated carbocycles. The van der Waals surface area contributed by atoms with Crippen molar-refractivity contribution in [1.82, 2.24) is 4.48 Å². The van der Waals surface area contributed by atoms with Gasteiger partial charge in [0.15, 0.2) is 23.0 Å². The Kier molecular flexibility index (Phi) is 6.57. The molecule has 0 fully saturated rings. The molecule has 3 aliphatic heterocycles. The van der Waals surface area contributed by atoms with Gasteiger partial charge in [0.1, 0.15) is 0 Å². The van der Waals surface area contributed by atoms with Crippen molar-refractivity contribution in [2.45, 2.75) is 45.4 Å². The maximum Gasteiger partial charge on any atom is 0.333 e. The second-order valence-electron chi connectivity index (χ2n) is 18.5. The van der Waals surface area contributed by atoms with E-state index in [-0.39, 0.29) is 17.7 Å². The van der Waals surface area contributed by atoms with Crippen molar-refractivity contribution in [2.24, 2.45) is 0 Å². The number of anilines is 3. The number of hydrogen-bond donors (Lipinski definition) is 0. The third-order valence-corrected chi connectivity index (χ3v) is 13.7. The quantitative estimate of drug-likeness (QED) is 0.164. The van der Waals surface area contributed by atoms with E-state index in [4.69, 9.17) is 9.47 Å². The zero-order chi connectivity index (χ0) is 40.2. The fourth-order valence-corrected chi connectivity index (χ4v) is 11.0. The Morgan fingerprint density at radius 1 is 0.533 bits per heavy atom. The molecule has 5 heteroatoms. The summed E-state index contributed by atoms with van der Waals surface area (Å²) in [6.07, 6.45) is 0. The van der Waals surface area contributed by atoms with Gasteiger partial charge < -0.3 is 18.9 Å². The van der Waals surface area contributed by atoms with Crippen LogP contribution in [0.3, 0.4) is 0 Å². The summed E-state index contributed by atoms with van der Waals surface area (Å²) in [6, 6.07) is 57.9. The van der Waals surface area contributed by atoms with Gasteiger partial charge in [-0.05, 0) is 91.3 Å². The van der Waals surface area contributed by atoms with Crippen molar-refractivity contribution in [2.75, 3.05) is 4.90 Å². The summed E-state index contributed by atoms with van der Waals surface area (Å²) in [6.45, 7) is 11.6. The summed E-state index contributed by atoms with van der Waals surface area (Å²) in [4.78, 5) is 2.53. The highest BCUT2D eigenvalue weighted by Gasteiger charge is 2.50. The first-order valence-corrected chi connectivity index (χ1v) is 21.1. The van der Waals surface area contributed by atoms with E-state index < -0.39 is 0 Å². The molecule has 4 aliphatic rings. The van der Waals surface area contributed by atoms with Gasteiger partial charge in [-0.3, -0.25) is 0 Å². The van der Waals surface area contributed by atoms with E-state index in [0.717, 1.165) is 28.6 Å². The third kappa shape index (κ3) is 4.37. The highest BCUT2D eigenvalue weighted by molar-refractivity contribution is 6.90. The van der Waals surface area contributed by atoms with E-state index in [2.05, 4.69) is 177 Å². The number of ether oxygens (including phenoxy) is 2. The number of rotatable bonds is 2. The Morgan fingerprint density at radius 2 is 1.22 bits per heavy atom. The van der Waals surface area contributed by atoms with Gasteiger partial charge in [0.2, 0.25) is 0 Å². The maximum atomic E-state index is 6.79. The Labute approximate surface area is 350 Å². The van der Waals surface area contributed by atoms with Gasteiger partial charge in [-0.2, -0.15) is 0 Å². The highest BCUT2D eigenvalue weighted by atomic mass is 16.6. The van der Waals surface area contributed by atoms with Crippen LogP contribution in [0.1, 0.15) is 51.4 Å². The van der Waals surface area contributed by atoms with Crippen LogP contribution >= 0.6 is 0 Å². The minimum Gasteiger partial charge on any atom is -0.450 e. The lowest BCUT2D eigenvalue weighted by Crippen LogP contribution is -2.57. The maximum absolute atomic E-state index is 6.79. The predicted molar refractivity (Wildman–Crippen MR) is 248 cm³/mol. The molecule has 0 saturated heterocycles. The molecule has 0 bridgehead atoms. The molecule has 4 nitrogen and oxygen atoms in total. The highest BCUT2D eigenvalue weighted by Crippen LogP contribution is 2.57. The molecular formula is C55H41BN2O2. The van der Waals surface area contributed by atoms with Crippen LogP contribution in [-0.2, 0) is 10.8 Å². The van der Waals surface area contributed by atoms with Crippen molar-refractivity contribution >= 4 is 56.5 Å². The number of hydrogen-bond acceptors (Lipinski definition) is 3. The molecule has 8 aromatic carbocycles. The van der Waals surface area contributed by atoms with E-state index in [1.807, 2.05) is 24.3 Å². The Morgan fingerprint density at radius 3 is 2.02 bits per heavy atom. The molecule has 0 spiro atoms. The van der Waals surface area contributed by atoms with Gasteiger partial charge in [-0.15, -0.1) is 0 Å². The van der Waals surface area contributed by atoms with Gasteiger partial charge in [0, 0.05) is 56.1 Å². The standard InChI is InChI=1S/C55H41BN2O2/c1-54(2,3)34-26-27-42(39(29-34)32-16-7-6-8-17-32)57-43-31-48-47(59-45-24-13-14-25-46(45)60-48)30-41(43)56-51-44(57)28-33-18-9-10-19-35(33)49(51)37-21-15-22-38-50-36-20-11-12-23-40(36)55(4,5)53(50)58(56)52(37)38/h6-31H,1-5H3. The summed E-state index contributed by atoms with van der Waals surface area (Å²) >= 11 is 0. The average molecular weight is 773 g/mol. The monoisotopic (exact) mass is 772 g/mol. The van der Waals surface area contributed by atoms with Crippen LogP contribution in [0.5, 0.6) is 23.0 Å². The number of aromatic nitrogens is 1. The number of benzene rings is 8. The van der Waals surface area contributed by atoms with Crippen molar-refractivity contribution < 1.29 is 9.47 Å². The van der Waals surface area contributed by atoms with Crippen molar-refractivity contribution in [3.05, 3.63) is 175 Å². The summed E-state index contributed by atoms with van der Waals surface area (Å²) < 4.78 is 16.3. The molecule has 0 unspecified atom stereocenters. The minimum atomic E-state index is -0.246. The topological polar surface area (TPSA) is 26.6 Å². The lowest BCUT2D eigenvalue weighted by atomic mass is 9.44. The SMILES string of the molecule is CC(C)(C)c1ccc(N2c3cc4c(cc3B3c5c2cc2ccccc2c5-c2cccc5c6c(n3c25)C(C)(C)c2ccccc2-6)Oc2ccccc2O4)c(-c2ccccc2)c1. The lowest BCUT2D eigenvalue weighted by molar-refractivity contribution is 0.360. The van der Waals surface area contributed by atoms with Crippen molar-refractivity contribution in [1.29, 1.82) is 0 Å². The van der Waals surface area contributed by atoms with Crippen molar-refractivity contribution in [3.8, 4) is 56.4 Å². The van der Waals surface area contributed by atoms with E-state index in [9.17, 15) is 0 Å². The van der Waals surface area contributed by atoms with Gasteiger partial charge in [0.05, 0.1) is 5.69 Å². The van der Waals surface area contributed by atoms with E-state index >= 15 is 0 Å². The zero-order valence-corrected chi connectivity index (χ0v) is 34.3. The molecule has 0 N–H and O–H groups in total. The van der Waals surface area contributed by atoms with Crippen LogP contribution in [0.25, 0.3) is 55.1 Å². The molecule has 4 heterocycles. The lowest BCUT2D eigenvalue weighted by Gasteiger charge is -2.43. The Balaban J connectivity index is 1.20. The van der Waals surface area contributed by atoms with Crippen LogP contribution < -0.4 is 25.3 Å². The third-order valence-electron chi connectivity index (χ3n) is 13.7. The molecular weight excluding hydrogens is 731 g/mol. The van der Waals surface area contributed by atoms with Crippen molar-refractivity contribution in [3.63, 3.8) is 0 Å². The van der Waals surface area contributed by atoms with E-state index in [0.29, 0.717) is 5.75 Å². The fourth-order valence-electron chi connectivity index (χ4n) is 11.0. The second-order valence-corrected chi connectivity index (χ2v) is 18.5. The average Bonchev–Trinajstić information content (AvgIpc) is 3.73. The molecule has 9 aromatic rings. The largest absolute Gasteiger partial charge is 0.450 e. The van der Waals surface area contributed by atoms with Gasteiger partial charge in [-0.1, -0.05) is 150 Å². The Hall–Kier alpha value is -6.98. The summed E-state index contributed by atoms with van der Waals surface area (Å²) in [5.41, 5.74) is 18.5. The molecule has 1 aliphatic carbocycles. The normalized spacial score (nSPS) is 14.8. The van der Waals surface area contributed by atoms with E-state index in [1.54, 1.807) is 0 Å². The minimum absolute atomic E-state index is 0.0407. The first kappa shape index (κ1) is 33.9. The first-order valence-electron chi connectivity index (χ1n) is 21.1. The van der Waals surface area contributed by atoms with Crippen LogP contribution in [0.2, 0.25) is 0 Å².